The summed E-state index contributed by atoms with van der Waals surface area (Å²) >= 11 is 0. The SMILES string of the molecule is CC(=O)O[C@@H]1[C@H]2OC(C)(C)O[C@H]2O[C@@H]1[C@@H]1[C@H]2C(=O)N(c3c(C)cccc3C)C(=O)[C@H]2ON1C. The fraction of sp³-hybridized carbons (Fsp3) is 0.609. The van der Waals surface area contributed by atoms with E-state index in [-0.39, 0.29) is 5.91 Å². The second-order valence-corrected chi connectivity index (χ2v) is 9.48. The van der Waals surface area contributed by atoms with E-state index in [1.54, 1.807) is 20.9 Å². The molecule has 0 aliphatic carbocycles. The third kappa shape index (κ3) is 3.39. The molecule has 4 fully saturated rings. The molecule has 0 spiro atoms. The van der Waals surface area contributed by atoms with Crippen molar-refractivity contribution < 1.29 is 38.2 Å². The first-order valence-corrected chi connectivity index (χ1v) is 11.0. The normalized spacial score (nSPS) is 37.5. The summed E-state index contributed by atoms with van der Waals surface area (Å²) in [6.07, 6.45) is -4.06. The van der Waals surface area contributed by atoms with Gasteiger partial charge >= 0.3 is 5.97 Å². The van der Waals surface area contributed by atoms with Crippen molar-refractivity contribution in [2.75, 3.05) is 11.9 Å². The molecule has 7 atom stereocenters. The molecule has 0 bridgehead atoms. The molecule has 0 aromatic heterocycles. The van der Waals surface area contributed by atoms with Gasteiger partial charge in [0.15, 0.2) is 30.4 Å². The van der Waals surface area contributed by atoms with E-state index in [4.69, 9.17) is 23.8 Å². The van der Waals surface area contributed by atoms with E-state index in [0.717, 1.165) is 11.1 Å². The van der Waals surface area contributed by atoms with Crippen molar-refractivity contribution >= 4 is 23.5 Å². The monoisotopic (exact) mass is 460 g/mol. The van der Waals surface area contributed by atoms with Gasteiger partial charge in [-0.1, -0.05) is 18.2 Å². The van der Waals surface area contributed by atoms with Gasteiger partial charge in [0.1, 0.15) is 6.10 Å². The van der Waals surface area contributed by atoms with Crippen LogP contribution in [0.25, 0.3) is 0 Å². The van der Waals surface area contributed by atoms with E-state index in [9.17, 15) is 14.4 Å². The number of para-hydroxylation sites is 1. The molecule has 4 heterocycles. The highest BCUT2D eigenvalue weighted by atomic mass is 16.8. The molecule has 4 saturated heterocycles. The van der Waals surface area contributed by atoms with Crippen LogP contribution in [-0.4, -0.2) is 72.4 Å². The number of anilines is 1. The molecule has 0 radical (unpaired) electrons. The molecular weight excluding hydrogens is 432 g/mol. The number of benzene rings is 1. The van der Waals surface area contributed by atoms with Gasteiger partial charge in [0.25, 0.3) is 5.91 Å². The Hall–Kier alpha value is -2.37. The van der Waals surface area contributed by atoms with Crippen molar-refractivity contribution in [1.29, 1.82) is 0 Å². The van der Waals surface area contributed by atoms with Crippen LogP contribution in [0, 0.1) is 19.8 Å². The molecule has 2 amide bonds. The number of hydrogen-bond acceptors (Lipinski definition) is 9. The summed E-state index contributed by atoms with van der Waals surface area (Å²) in [5, 5.41) is 1.46. The molecule has 10 heteroatoms. The van der Waals surface area contributed by atoms with Gasteiger partial charge in [0, 0.05) is 14.0 Å². The number of amides is 2. The molecule has 0 N–H and O–H groups in total. The summed E-state index contributed by atoms with van der Waals surface area (Å²) in [5.41, 5.74) is 2.20. The maximum Gasteiger partial charge on any atom is 0.303 e. The molecule has 0 unspecified atom stereocenters. The number of hydrogen-bond donors (Lipinski definition) is 0. The summed E-state index contributed by atoms with van der Waals surface area (Å²) in [5.74, 6) is -3.05. The van der Waals surface area contributed by atoms with Crippen LogP contribution in [0.4, 0.5) is 5.69 Å². The first-order chi connectivity index (χ1) is 15.5. The Morgan fingerprint density at radius 2 is 1.73 bits per heavy atom. The van der Waals surface area contributed by atoms with Gasteiger partial charge in [-0.2, -0.15) is 5.06 Å². The van der Waals surface area contributed by atoms with E-state index < -0.39 is 60.3 Å². The van der Waals surface area contributed by atoms with Crippen LogP contribution in [0.1, 0.15) is 31.9 Å². The van der Waals surface area contributed by atoms with Crippen molar-refractivity contribution in [3.05, 3.63) is 29.3 Å². The van der Waals surface area contributed by atoms with Crippen molar-refractivity contribution in [3.63, 3.8) is 0 Å². The van der Waals surface area contributed by atoms with Gasteiger partial charge in [-0.3, -0.25) is 19.2 Å². The molecule has 4 aliphatic heterocycles. The number of likely N-dealkylation sites (N-methyl/N-ethyl adjacent to an activating group) is 1. The first kappa shape index (κ1) is 22.4. The number of imide groups is 1. The van der Waals surface area contributed by atoms with Gasteiger partial charge in [0.2, 0.25) is 5.91 Å². The number of esters is 1. The summed E-state index contributed by atoms with van der Waals surface area (Å²) < 4.78 is 23.5. The topological polar surface area (TPSA) is 104 Å². The average molecular weight is 460 g/mol. The van der Waals surface area contributed by atoms with Crippen LogP contribution in [0.5, 0.6) is 0 Å². The summed E-state index contributed by atoms with van der Waals surface area (Å²) in [7, 11) is 1.64. The molecule has 1 aromatic rings. The van der Waals surface area contributed by atoms with Crippen molar-refractivity contribution in [3.8, 4) is 0 Å². The van der Waals surface area contributed by atoms with E-state index in [1.807, 2.05) is 32.0 Å². The van der Waals surface area contributed by atoms with Gasteiger partial charge in [-0.05, 0) is 38.8 Å². The van der Waals surface area contributed by atoms with E-state index in [0.29, 0.717) is 5.69 Å². The van der Waals surface area contributed by atoms with Crippen molar-refractivity contribution in [1.82, 2.24) is 5.06 Å². The number of aryl methyl sites for hydroxylation is 2. The second-order valence-electron chi connectivity index (χ2n) is 9.48. The summed E-state index contributed by atoms with van der Waals surface area (Å²) in [6.45, 7) is 8.51. The van der Waals surface area contributed by atoms with Gasteiger partial charge in [-0.15, -0.1) is 0 Å². The summed E-state index contributed by atoms with van der Waals surface area (Å²) in [4.78, 5) is 46.0. The lowest BCUT2D eigenvalue weighted by molar-refractivity contribution is -0.235. The predicted octanol–water partition coefficient (Wildman–Crippen LogP) is 1.22. The van der Waals surface area contributed by atoms with Crippen LogP contribution >= 0.6 is 0 Å². The molecule has 178 valence electrons. The molecule has 10 nitrogen and oxygen atoms in total. The molecule has 1 aromatic carbocycles. The molecular formula is C23H28N2O8. The Balaban J connectivity index is 1.49. The number of ether oxygens (including phenoxy) is 4. The van der Waals surface area contributed by atoms with E-state index in [2.05, 4.69) is 0 Å². The van der Waals surface area contributed by atoms with Crippen LogP contribution in [0.3, 0.4) is 0 Å². The van der Waals surface area contributed by atoms with Gasteiger partial charge in [-0.25, -0.2) is 4.90 Å². The number of carbonyl (C=O) groups is 3. The molecule has 33 heavy (non-hydrogen) atoms. The Morgan fingerprint density at radius 3 is 2.36 bits per heavy atom. The largest absolute Gasteiger partial charge is 0.457 e. The highest BCUT2D eigenvalue weighted by Crippen LogP contribution is 2.46. The minimum atomic E-state index is -0.994. The van der Waals surface area contributed by atoms with Crippen LogP contribution in [0.15, 0.2) is 18.2 Å². The van der Waals surface area contributed by atoms with E-state index >= 15 is 0 Å². The summed E-state index contributed by atoms with van der Waals surface area (Å²) in [6, 6.07) is 4.90. The Kier molecular flexibility index (Phi) is 5.15. The lowest BCUT2D eigenvalue weighted by Crippen LogP contribution is -2.51. The minimum absolute atomic E-state index is 0.374. The minimum Gasteiger partial charge on any atom is -0.457 e. The first-order valence-electron chi connectivity index (χ1n) is 11.0. The standard InChI is InChI=1S/C23H28N2O8/c1-10-8-7-9-11(2)14(10)25-20(27)13-15(24(6)33-16(13)21(25)28)17-18(29-12(3)26)19-22(30-17)32-23(4,5)31-19/h7-9,13,15-19,22H,1-6H3/t13-,15+,16+,17-,18+,19-,22-/m1/s1. The van der Waals surface area contributed by atoms with Crippen LogP contribution in [0.2, 0.25) is 0 Å². The number of rotatable bonds is 3. The number of fused-ring (bicyclic) bond motifs is 2. The number of nitrogens with zero attached hydrogens (tertiary/aromatic N) is 2. The highest BCUT2D eigenvalue weighted by molar-refractivity contribution is 6.24. The molecule has 0 saturated carbocycles. The molecule has 5 rings (SSSR count). The maximum atomic E-state index is 13.7. The van der Waals surface area contributed by atoms with E-state index in [1.165, 1.54) is 16.9 Å². The lowest BCUT2D eigenvalue weighted by atomic mass is 9.89. The highest BCUT2D eigenvalue weighted by Gasteiger charge is 2.67. The third-order valence-corrected chi connectivity index (χ3v) is 6.69. The van der Waals surface area contributed by atoms with Gasteiger partial charge < -0.3 is 18.9 Å². The Bertz CT molecular complexity index is 1010. The zero-order valence-electron chi connectivity index (χ0n) is 19.4. The van der Waals surface area contributed by atoms with Crippen molar-refractivity contribution in [2.45, 2.75) is 77.2 Å². The Labute approximate surface area is 191 Å². The second kappa shape index (κ2) is 7.57. The Morgan fingerprint density at radius 1 is 1.06 bits per heavy atom. The number of hydroxylamine groups is 2. The quantitative estimate of drug-likeness (QED) is 0.486. The average Bonchev–Trinajstić information content (AvgIpc) is 3.36. The van der Waals surface area contributed by atoms with Gasteiger partial charge in [0.05, 0.1) is 17.6 Å². The lowest BCUT2D eigenvalue weighted by Gasteiger charge is -2.33. The predicted molar refractivity (Wildman–Crippen MR) is 113 cm³/mol. The fourth-order valence-corrected chi connectivity index (χ4v) is 5.47. The zero-order chi connectivity index (χ0) is 23.8. The third-order valence-electron chi connectivity index (χ3n) is 6.69. The van der Waals surface area contributed by atoms with Crippen LogP contribution in [-0.2, 0) is 38.2 Å². The smallest absolute Gasteiger partial charge is 0.303 e. The van der Waals surface area contributed by atoms with Crippen LogP contribution < -0.4 is 4.90 Å². The molecule has 4 aliphatic rings. The van der Waals surface area contributed by atoms with Crippen molar-refractivity contribution in [2.24, 2.45) is 5.92 Å². The zero-order valence-corrected chi connectivity index (χ0v) is 19.4. The maximum absolute atomic E-state index is 13.7. The number of carbonyl (C=O) groups excluding carboxylic acids is 3. The fourth-order valence-electron chi connectivity index (χ4n) is 5.47.